The van der Waals surface area contributed by atoms with Gasteiger partial charge in [-0.3, -0.25) is 0 Å². The van der Waals surface area contributed by atoms with Crippen molar-refractivity contribution in [3.8, 4) is 0 Å². The Bertz CT molecular complexity index is 444. The third kappa shape index (κ3) is 4.66. The predicted molar refractivity (Wildman–Crippen MR) is 70.0 cm³/mol. The van der Waals surface area contributed by atoms with Crippen LogP contribution in [0.4, 0.5) is 0 Å². The first kappa shape index (κ1) is 14.5. The lowest BCUT2D eigenvalue weighted by Gasteiger charge is -2.27. The van der Waals surface area contributed by atoms with E-state index in [-0.39, 0.29) is 18.1 Å². The van der Waals surface area contributed by atoms with E-state index in [0.717, 1.165) is 0 Å². The summed E-state index contributed by atoms with van der Waals surface area (Å²) in [6.45, 7) is 0. The van der Waals surface area contributed by atoms with Gasteiger partial charge in [-0.25, -0.2) is 8.42 Å². The molecule has 0 fully saturated rings. The van der Waals surface area contributed by atoms with Crippen molar-refractivity contribution >= 4 is 21.4 Å². The second-order valence-electron chi connectivity index (χ2n) is 4.22. The zero-order valence-electron chi connectivity index (χ0n) is 9.77. The minimum Gasteiger partial charge on any atom is -0.385 e. The molecule has 1 N–H and O–H groups in total. The number of sulfone groups is 1. The van der Waals surface area contributed by atoms with Gasteiger partial charge in [-0.05, 0) is 18.4 Å². The van der Waals surface area contributed by atoms with Crippen LogP contribution in [-0.4, -0.2) is 31.4 Å². The Kier molecular flexibility index (Phi) is 4.98. The molecule has 1 atom stereocenters. The molecule has 1 rings (SSSR count). The maximum Gasteiger partial charge on any atom is 0.147 e. The van der Waals surface area contributed by atoms with Gasteiger partial charge in [-0.15, -0.1) is 11.6 Å². The van der Waals surface area contributed by atoms with Crippen molar-refractivity contribution in [1.82, 2.24) is 0 Å². The summed E-state index contributed by atoms with van der Waals surface area (Å²) < 4.78 is 22.3. The van der Waals surface area contributed by atoms with Crippen molar-refractivity contribution in [2.45, 2.75) is 18.4 Å². The maximum atomic E-state index is 11.2. The highest BCUT2D eigenvalue weighted by Gasteiger charge is 2.29. The van der Waals surface area contributed by atoms with Crippen LogP contribution in [0.5, 0.6) is 0 Å². The third-order valence-electron chi connectivity index (χ3n) is 2.71. The van der Waals surface area contributed by atoms with Crippen LogP contribution in [0, 0.1) is 0 Å². The van der Waals surface area contributed by atoms with Crippen LogP contribution >= 0.6 is 11.6 Å². The summed E-state index contributed by atoms with van der Waals surface area (Å²) in [6.07, 6.45) is 1.68. The summed E-state index contributed by atoms with van der Waals surface area (Å²) >= 11 is 5.68. The Labute approximate surface area is 107 Å². The average Bonchev–Trinajstić information content (AvgIpc) is 2.27. The summed E-state index contributed by atoms with van der Waals surface area (Å²) in [4.78, 5) is 0. The Morgan fingerprint density at radius 1 is 1.24 bits per heavy atom. The van der Waals surface area contributed by atoms with Crippen molar-refractivity contribution in [1.29, 1.82) is 0 Å². The summed E-state index contributed by atoms with van der Waals surface area (Å²) in [5, 5.41) is 10.5. The highest BCUT2D eigenvalue weighted by atomic mass is 35.5. The Morgan fingerprint density at radius 2 is 1.82 bits per heavy atom. The molecule has 3 nitrogen and oxygen atoms in total. The lowest BCUT2D eigenvalue weighted by Crippen LogP contribution is -2.29. The number of aliphatic hydroxyl groups is 1. The molecule has 0 aromatic heterocycles. The van der Waals surface area contributed by atoms with Gasteiger partial charge in [-0.1, -0.05) is 30.3 Å². The standard InChI is InChI=1S/C12H17ClO3S/c1-17(15,16)10-8-12(14,7-9-13)11-5-3-2-4-6-11/h2-6,14H,7-10H2,1H3. The van der Waals surface area contributed by atoms with E-state index in [1.54, 1.807) is 12.1 Å². The van der Waals surface area contributed by atoms with Crippen LogP contribution in [0.1, 0.15) is 18.4 Å². The van der Waals surface area contributed by atoms with Crippen molar-refractivity contribution in [2.75, 3.05) is 17.9 Å². The first-order chi connectivity index (χ1) is 7.87. The van der Waals surface area contributed by atoms with Crippen LogP contribution < -0.4 is 0 Å². The SMILES string of the molecule is CS(=O)(=O)CCC(O)(CCCl)c1ccccc1. The molecular formula is C12H17ClO3S. The molecule has 17 heavy (non-hydrogen) atoms. The molecule has 5 heteroatoms. The Balaban J connectivity index is 2.90. The van der Waals surface area contributed by atoms with Crippen LogP contribution in [0.25, 0.3) is 0 Å². The molecule has 0 aliphatic carbocycles. The molecule has 0 amide bonds. The number of hydrogen-bond donors (Lipinski definition) is 1. The molecule has 0 bridgehead atoms. The molecule has 0 aliphatic heterocycles. The third-order valence-corrected chi connectivity index (χ3v) is 3.84. The van der Waals surface area contributed by atoms with Gasteiger partial charge in [0.05, 0.1) is 11.4 Å². The van der Waals surface area contributed by atoms with Gasteiger partial charge in [0.1, 0.15) is 9.84 Å². The summed E-state index contributed by atoms with van der Waals surface area (Å²) in [5.74, 6) is 0.241. The van der Waals surface area contributed by atoms with Gasteiger partial charge in [0.2, 0.25) is 0 Å². The normalized spacial score (nSPS) is 15.5. The highest BCUT2D eigenvalue weighted by molar-refractivity contribution is 7.90. The lowest BCUT2D eigenvalue weighted by atomic mass is 9.89. The number of benzene rings is 1. The molecule has 1 aromatic carbocycles. The number of halogens is 1. The van der Waals surface area contributed by atoms with Gasteiger partial charge in [-0.2, -0.15) is 0 Å². The smallest absolute Gasteiger partial charge is 0.147 e. The highest BCUT2D eigenvalue weighted by Crippen LogP contribution is 2.29. The summed E-state index contributed by atoms with van der Waals surface area (Å²) in [6, 6.07) is 9.05. The molecule has 1 aromatic rings. The van der Waals surface area contributed by atoms with E-state index < -0.39 is 15.4 Å². The fourth-order valence-electron chi connectivity index (χ4n) is 1.67. The molecule has 0 saturated carbocycles. The molecule has 0 saturated heterocycles. The Morgan fingerprint density at radius 3 is 2.29 bits per heavy atom. The first-order valence-corrected chi connectivity index (χ1v) is 7.98. The molecule has 0 spiro atoms. The van der Waals surface area contributed by atoms with Crippen LogP contribution in [-0.2, 0) is 15.4 Å². The Hall–Kier alpha value is -0.580. The van der Waals surface area contributed by atoms with E-state index in [1.165, 1.54) is 6.26 Å². The van der Waals surface area contributed by atoms with Gasteiger partial charge in [0, 0.05) is 12.1 Å². The lowest BCUT2D eigenvalue weighted by molar-refractivity contribution is 0.0301. The average molecular weight is 277 g/mol. The number of alkyl halides is 1. The van der Waals surface area contributed by atoms with Crippen LogP contribution in [0.2, 0.25) is 0 Å². The summed E-state index contributed by atoms with van der Waals surface area (Å²) in [7, 11) is -3.09. The second-order valence-corrected chi connectivity index (χ2v) is 6.85. The van der Waals surface area contributed by atoms with Crippen molar-refractivity contribution in [2.24, 2.45) is 0 Å². The number of hydrogen-bond acceptors (Lipinski definition) is 3. The molecule has 0 radical (unpaired) electrons. The quantitative estimate of drug-likeness (QED) is 0.808. The van der Waals surface area contributed by atoms with E-state index in [2.05, 4.69) is 0 Å². The fraction of sp³-hybridized carbons (Fsp3) is 0.500. The zero-order chi connectivity index (χ0) is 12.9. The molecule has 96 valence electrons. The summed E-state index contributed by atoms with van der Waals surface area (Å²) in [5.41, 5.74) is -0.448. The van der Waals surface area contributed by atoms with Gasteiger partial charge < -0.3 is 5.11 Å². The van der Waals surface area contributed by atoms with Crippen LogP contribution in [0.15, 0.2) is 30.3 Å². The molecule has 0 aliphatic rings. The van der Waals surface area contributed by atoms with Gasteiger partial charge >= 0.3 is 0 Å². The van der Waals surface area contributed by atoms with Crippen molar-refractivity contribution in [3.63, 3.8) is 0 Å². The monoisotopic (exact) mass is 276 g/mol. The molecule has 0 heterocycles. The molecular weight excluding hydrogens is 260 g/mol. The molecule has 1 unspecified atom stereocenters. The van der Waals surface area contributed by atoms with E-state index in [9.17, 15) is 13.5 Å². The van der Waals surface area contributed by atoms with Gasteiger partial charge in [0.25, 0.3) is 0 Å². The van der Waals surface area contributed by atoms with E-state index in [1.807, 2.05) is 18.2 Å². The van der Waals surface area contributed by atoms with Crippen molar-refractivity contribution in [3.05, 3.63) is 35.9 Å². The maximum absolute atomic E-state index is 11.2. The van der Waals surface area contributed by atoms with E-state index >= 15 is 0 Å². The topological polar surface area (TPSA) is 54.4 Å². The first-order valence-electron chi connectivity index (χ1n) is 5.39. The fourth-order valence-corrected chi connectivity index (χ4v) is 2.69. The predicted octanol–water partition coefficient (Wildman–Crippen LogP) is 1.94. The number of rotatable bonds is 6. The van der Waals surface area contributed by atoms with Crippen LogP contribution in [0.3, 0.4) is 0 Å². The van der Waals surface area contributed by atoms with E-state index in [0.29, 0.717) is 12.0 Å². The van der Waals surface area contributed by atoms with E-state index in [4.69, 9.17) is 11.6 Å². The van der Waals surface area contributed by atoms with Gasteiger partial charge in [0.15, 0.2) is 0 Å². The van der Waals surface area contributed by atoms with Crippen molar-refractivity contribution < 1.29 is 13.5 Å². The minimum absolute atomic E-state index is 0.0463. The largest absolute Gasteiger partial charge is 0.385 e. The second kappa shape index (κ2) is 5.85. The zero-order valence-corrected chi connectivity index (χ0v) is 11.3. The minimum atomic E-state index is -3.09.